The molecule has 4 N–H and O–H groups in total. The molecule has 1 amide bonds. The van der Waals surface area contributed by atoms with Crippen molar-refractivity contribution in [1.29, 1.82) is 0 Å². The van der Waals surface area contributed by atoms with Gasteiger partial charge in [0.1, 0.15) is 0 Å². The molecular weight excluding hydrogens is 210 g/mol. The highest BCUT2D eigenvalue weighted by Crippen LogP contribution is 2.03. The van der Waals surface area contributed by atoms with Crippen molar-refractivity contribution < 1.29 is 14.4 Å². The zero-order chi connectivity index (χ0) is 12.0. The fourth-order valence-corrected chi connectivity index (χ4v) is 1.29. The number of carbonyl (C=O) groups excluding carboxylic acids is 1. The predicted octanol–water partition coefficient (Wildman–Crippen LogP) is 0.925. The van der Waals surface area contributed by atoms with Crippen molar-refractivity contribution >= 4 is 11.7 Å². The number of rotatable bonds is 5. The van der Waals surface area contributed by atoms with E-state index in [0.717, 1.165) is 6.42 Å². The van der Waals surface area contributed by atoms with Gasteiger partial charge in [0.15, 0.2) is 11.6 Å². The molecule has 0 saturated heterocycles. The Morgan fingerprint density at radius 1 is 1.75 bits per heavy atom. The summed E-state index contributed by atoms with van der Waals surface area (Å²) in [6.45, 7) is 1.94. The summed E-state index contributed by atoms with van der Waals surface area (Å²) in [6.07, 6.45) is 2.81. The Hall–Kier alpha value is -1.98. The van der Waals surface area contributed by atoms with Crippen LogP contribution in [0.1, 0.15) is 30.3 Å². The zero-order valence-electron chi connectivity index (χ0n) is 9.01. The lowest BCUT2D eigenvalue weighted by atomic mass is 10.1. The molecule has 1 aromatic heterocycles. The van der Waals surface area contributed by atoms with Crippen LogP contribution in [-0.4, -0.2) is 23.0 Å². The van der Waals surface area contributed by atoms with Gasteiger partial charge >= 0.3 is 0 Å². The Morgan fingerprint density at radius 3 is 3.00 bits per heavy atom. The highest BCUT2D eigenvalue weighted by Gasteiger charge is 2.18. The molecule has 1 rings (SSSR count). The van der Waals surface area contributed by atoms with E-state index in [-0.39, 0.29) is 17.5 Å². The van der Waals surface area contributed by atoms with Crippen LogP contribution in [0.3, 0.4) is 0 Å². The first-order valence-electron chi connectivity index (χ1n) is 5.00. The molecule has 0 fully saturated rings. The lowest BCUT2D eigenvalue weighted by molar-refractivity contribution is 0.0917. The van der Waals surface area contributed by atoms with E-state index in [1.165, 1.54) is 6.26 Å². The fraction of sp³-hybridized carbons (Fsp3) is 0.400. The molecule has 1 heterocycles. The molecule has 88 valence electrons. The minimum atomic E-state index is -0.479. The van der Waals surface area contributed by atoms with E-state index < -0.39 is 6.04 Å². The topological polar surface area (TPSA) is 101 Å². The fourth-order valence-electron chi connectivity index (χ4n) is 1.29. The van der Waals surface area contributed by atoms with Gasteiger partial charge in [0.25, 0.3) is 5.91 Å². The van der Waals surface area contributed by atoms with E-state index in [9.17, 15) is 4.79 Å². The lowest BCUT2D eigenvalue weighted by Crippen LogP contribution is -2.44. The Labute approximate surface area is 93.1 Å². The molecule has 1 atom stereocenters. The summed E-state index contributed by atoms with van der Waals surface area (Å²) in [5.74, 6) is -0.191. The molecule has 0 saturated carbocycles. The number of amides is 1. The van der Waals surface area contributed by atoms with Crippen molar-refractivity contribution in [3.63, 3.8) is 0 Å². The first-order chi connectivity index (χ1) is 7.69. The maximum atomic E-state index is 11.6. The van der Waals surface area contributed by atoms with E-state index >= 15 is 0 Å². The first kappa shape index (κ1) is 12.1. The van der Waals surface area contributed by atoms with Crippen molar-refractivity contribution in [2.45, 2.75) is 25.8 Å². The number of hydrogen-bond acceptors (Lipinski definition) is 4. The van der Waals surface area contributed by atoms with Crippen molar-refractivity contribution in [2.24, 2.45) is 10.9 Å². The average molecular weight is 225 g/mol. The van der Waals surface area contributed by atoms with E-state index in [0.29, 0.717) is 6.42 Å². The van der Waals surface area contributed by atoms with Crippen LogP contribution in [0.15, 0.2) is 28.0 Å². The van der Waals surface area contributed by atoms with Crippen molar-refractivity contribution in [1.82, 2.24) is 5.32 Å². The number of amidine groups is 1. The summed E-state index contributed by atoms with van der Waals surface area (Å²) in [5, 5.41) is 14.1. The van der Waals surface area contributed by atoms with E-state index in [1.54, 1.807) is 12.1 Å². The van der Waals surface area contributed by atoms with Crippen molar-refractivity contribution in [3.05, 3.63) is 24.2 Å². The van der Waals surface area contributed by atoms with Crippen LogP contribution in [0.2, 0.25) is 0 Å². The van der Waals surface area contributed by atoms with Crippen molar-refractivity contribution in [3.8, 4) is 0 Å². The summed E-state index contributed by atoms with van der Waals surface area (Å²) in [6, 6.07) is 2.69. The lowest BCUT2D eigenvalue weighted by Gasteiger charge is -2.15. The predicted molar refractivity (Wildman–Crippen MR) is 58.3 cm³/mol. The number of nitrogens with two attached hydrogens (primary N) is 1. The van der Waals surface area contributed by atoms with Gasteiger partial charge in [0, 0.05) is 0 Å². The van der Waals surface area contributed by atoms with Crippen LogP contribution in [0.4, 0.5) is 0 Å². The van der Waals surface area contributed by atoms with E-state index in [2.05, 4.69) is 10.5 Å². The molecule has 0 aromatic carbocycles. The molecule has 0 aliphatic carbocycles. The van der Waals surface area contributed by atoms with Gasteiger partial charge in [0.2, 0.25) is 0 Å². The van der Waals surface area contributed by atoms with Crippen LogP contribution in [-0.2, 0) is 0 Å². The number of oxime groups is 1. The third kappa shape index (κ3) is 3.01. The van der Waals surface area contributed by atoms with Crippen molar-refractivity contribution in [2.75, 3.05) is 0 Å². The maximum Gasteiger partial charge on any atom is 0.287 e. The molecule has 6 nitrogen and oxygen atoms in total. The van der Waals surface area contributed by atoms with Crippen LogP contribution >= 0.6 is 0 Å². The minimum absolute atomic E-state index is 0.0123. The third-order valence-electron chi connectivity index (χ3n) is 2.10. The Morgan fingerprint density at radius 2 is 2.50 bits per heavy atom. The standard InChI is InChI=1S/C10H15N3O3/c1-2-4-7(9(11)13-15)12-10(14)8-5-3-6-16-8/h3,5-7,15H,2,4H2,1H3,(H2,11,13)(H,12,14). The molecule has 0 aliphatic rings. The SMILES string of the molecule is CCCC(NC(=O)c1ccco1)/C(N)=N/O. The van der Waals surface area contributed by atoms with Gasteiger partial charge in [-0.15, -0.1) is 0 Å². The molecule has 6 heteroatoms. The van der Waals surface area contributed by atoms with E-state index in [1.807, 2.05) is 6.92 Å². The van der Waals surface area contributed by atoms with Gasteiger partial charge in [-0.3, -0.25) is 4.79 Å². The normalized spacial score (nSPS) is 13.4. The highest BCUT2D eigenvalue weighted by molar-refractivity contribution is 5.96. The number of nitrogens with one attached hydrogen (secondary N) is 1. The molecule has 16 heavy (non-hydrogen) atoms. The van der Waals surface area contributed by atoms with Crippen LogP contribution in [0.25, 0.3) is 0 Å². The Balaban J connectivity index is 2.65. The molecular formula is C10H15N3O3. The van der Waals surface area contributed by atoms with Crippen LogP contribution < -0.4 is 11.1 Å². The summed E-state index contributed by atoms with van der Waals surface area (Å²) >= 11 is 0. The van der Waals surface area contributed by atoms with Gasteiger partial charge in [-0.1, -0.05) is 18.5 Å². The summed E-state index contributed by atoms with van der Waals surface area (Å²) in [5.41, 5.74) is 5.46. The number of carbonyl (C=O) groups is 1. The molecule has 1 unspecified atom stereocenters. The largest absolute Gasteiger partial charge is 0.459 e. The van der Waals surface area contributed by atoms with Crippen LogP contribution in [0, 0.1) is 0 Å². The molecule has 0 aliphatic heterocycles. The summed E-state index contributed by atoms with van der Waals surface area (Å²) < 4.78 is 4.93. The zero-order valence-corrected chi connectivity index (χ0v) is 9.01. The van der Waals surface area contributed by atoms with Gasteiger partial charge in [-0.05, 0) is 18.6 Å². The molecule has 0 radical (unpaired) electrons. The number of furan rings is 1. The monoisotopic (exact) mass is 225 g/mol. The second-order valence-corrected chi connectivity index (χ2v) is 3.32. The smallest absolute Gasteiger partial charge is 0.287 e. The minimum Gasteiger partial charge on any atom is -0.459 e. The molecule has 0 spiro atoms. The first-order valence-corrected chi connectivity index (χ1v) is 5.00. The second-order valence-electron chi connectivity index (χ2n) is 3.32. The summed E-state index contributed by atoms with van der Waals surface area (Å²) in [7, 11) is 0. The number of hydrogen-bond donors (Lipinski definition) is 3. The maximum absolute atomic E-state index is 11.6. The van der Waals surface area contributed by atoms with Gasteiger partial charge < -0.3 is 20.7 Å². The quantitative estimate of drug-likeness (QED) is 0.300. The van der Waals surface area contributed by atoms with E-state index in [4.69, 9.17) is 15.4 Å². The number of nitrogens with zero attached hydrogens (tertiary/aromatic N) is 1. The van der Waals surface area contributed by atoms with Crippen LogP contribution in [0.5, 0.6) is 0 Å². The average Bonchev–Trinajstić information content (AvgIpc) is 2.80. The third-order valence-corrected chi connectivity index (χ3v) is 2.10. The highest BCUT2D eigenvalue weighted by atomic mass is 16.4. The second kappa shape index (κ2) is 5.79. The van der Waals surface area contributed by atoms with Gasteiger partial charge in [0.05, 0.1) is 12.3 Å². The van der Waals surface area contributed by atoms with Gasteiger partial charge in [-0.2, -0.15) is 0 Å². The molecule has 1 aromatic rings. The Kier molecular flexibility index (Phi) is 4.38. The van der Waals surface area contributed by atoms with Gasteiger partial charge in [-0.25, -0.2) is 0 Å². The Bertz CT molecular complexity index is 359. The summed E-state index contributed by atoms with van der Waals surface area (Å²) in [4.78, 5) is 11.6. The molecule has 0 bridgehead atoms.